The number of aldehydes is 1. The second-order valence-electron chi connectivity index (χ2n) is 3.74. The van der Waals surface area contributed by atoms with E-state index in [0.717, 1.165) is 6.29 Å². The van der Waals surface area contributed by atoms with Crippen LogP contribution in [0.2, 0.25) is 0 Å². The van der Waals surface area contributed by atoms with Crippen LogP contribution in [-0.2, 0) is 0 Å². The summed E-state index contributed by atoms with van der Waals surface area (Å²) in [6.07, 6.45) is -0.220. The van der Waals surface area contributed by atoms with Gasteiger partial charge in [-0.25, -0.2) is 4.39 Å². The van der Waals surface area contributed by atoms with Crippen LogP contribution in [0.3, 0.4) is 0 Å². The Morgan fingerprint density at radius 1 is 1.20 bits per heavy atom. The summed E-state index contributed by atoms with van der Waals surface area (Å²) in [5.41, 5.74) is 1.19. The van der Waals surface area contributed by atoms with E-state index < -0.39 is 6.17 Å². The Bertz CT molecular complexity index is 277. The first kappa shape index (κ1) is 13.8. The van der Waals surface area contributed by atoms with Gasteiger partial charge in [-0.15, -0.1) is 0 Å². The molecule has 1 aromatic rings. The van der Waals surface area contributed by atoms with Crippen molar-refractivity contribution in [2.75, 3.05) is 21.1 Å². The van der Waals surface area contributed by atoms with Gasteiger partial charge in [0.25, 0.3) is 0 Å². The molecule has 1 atom stereocenters. The number of carbonyl (C=O) groups is 1. The van der Waals surface area contributed by atoms with E-state index in [-0.39, 0.29) is 0 Å². The predicted octanol–water partition coefficient (Wildman–Crippen LogP) is 2.71. The Balaban J connectivity index is 0.000000423. The highest BCUT2D eigenvalue weighted by molar-refractivity contribution is 5.74. The summed E-state index contributed by atoms with van der Waals surface area (Å²) < 4.78 is 12.6. The number of carbonyl (C=O) groups excluding carboxylic acids is 1. The summed E-state index contributed by atoms with van der Waals surface area (Å²) >= 11 is 0. The average Bonchev–Trinajstić information content (AvgIpc) is 2.17. The summed E-state index contributed by atoms with van der Waals surface area (Å²) in [6, 6.07) is 6.46. The Labute approximate surface area is 90.7 Å². The van der Waals surface area contributed by atoms with Crippen LogP contribution in [0, 0.1) is 0 Å². The zero-order valence-corrected chi connectivity index (χ0v) is 9.70. The van der Waals surface area contributed by atoms with Gasteiger partial charge in [0.05, 0.1) is 0 Å². The van der Waals surface area contributed by atoms with Crippen LogP contribution in [0.15, 0.2) is 24.3 Å². The highest BCUT2D eigenvalue weighted by Crippen LogP contribution is 2.15. The summed E-state index contributed by atoms with van der Waals surface area (Å²) in [7, 11) is 6.00. The number of halogens is 1. The van der Waals surface area contributed by atoms with Crippen molar-refractivity contribution < 1.29 is 9.18 Å². The molecule has 1 rings (SSSR count). The lowest BCUT2D eigenvalue weighted by atomic mass is 10.1. The zero-order valence-electron chi connectivity index (χ0n) is 9.70. The fraction of sp³-hybridized carbons (Fsp3) is 0.417. The zero-order chi connectivity index (χ0) is 11.8. The molecule has 0 aliphatic heterocycles. The maximum Gasteiger partial charge on any atom is 0.150 e. The van der Waals surface area contributed by atoms with Crippen LogP contribution < -0.4 is 0 Å². The fourth-order valence-electron chi connectivity index (χ4n) is 0.840. The molecule has 0 aromatic heterocycles. The van der Waals surface area contributed by atoms with Gasteiger partial charge in [-0.2, -0.15) is 0 Å². The number of nitrogens with zero attached hydrogens (tertiary/aromatic N) is 1. The number of hydrogen-bond donors (Lipinski definition) is 0. The minimum absolute atomic E-state index is 0.578. The van der Waals surface area contributed by atoms with E-state index in [4.69, 9.17) is 0 Å². The smallest absolute Gasteiger partial charge is 0.150 e. The number of benzene rings is 1. The van der Waals surface area contributed by atoms with Gasteiger partial charge in [0.2, 0.25) is 0 Å². The van der Waals surface area contributed by atoms with E-state index in [9.17, 15) is 9.18 Å². The van der Waals surface area contributed by atoms with Gasteiger partial charge >= 0.3 is 0 Å². The monoisotopic (exact) mass is 211 g/mol. The molecule has 0 fully saturated rings. The minimum Gasteiger partial charge on any atom is -0.312 e. The number of alkyl halides is 1. The third-order valence-corrected chi connectivity index (χ3v) is 1.53. The van der Waals surface area contributed by atoms with Crippen LogP contribution in [0.1, 0.15) is 29.0 Å². The van der Waals surface area contributed by atoms with E-state index in [0.29, 0.717) is 11.1 Å². The van der Waals surface area contributed by atoms with Gasteiger partial charge in [0.1, 0.15) is 12.5 Å². The molecule has 84 valence electrons. The second kappa shape index (κ2) is 7.12. The van der Waals surface area contributed by atoms with Gasteiger partial charge in [-0.3, -0.25) is 4.79 Å². The molecule has 0 saturated carbocycles. The van der Waals surface area contributed by atoms with Crippen LogP contribution in [0.4, 0.5) is 4.39 Å². The molecular formula is C12H18FNO. The molecule has 0 spiro atoms. The van der Waals surface area contributed by atoms with E-state index in [1.807, 2.05) is 26.0 Å². The number of hydrogen-bond acceptors (Lipinski definition) is 2. The van der Waals surface area contributed by atoms with Gasteiger partial charge in [-0.05, 0) is 33.6 Å². The second-order valence-corrected chi connectivity index (χ2v) is 3.74. The maximum absolute atomic E-state index is 12.6. The first-order valence-corrected chi connectivity index (χ1v) is 4.77. The van der Waals surface area contributed by atoms with E-state index in [2.05, 4.69) is 0 Å². The van der Waals surface area contributed by atoms with Crippen molar-refractivity contribution in [2.45, 2.75) is 13.1 Å². The Morgan fingerprint density at radius 3 is 1.87 bits per heavy atom. The molecule has 0 amide bonds. The first-order chi connectivity index (χ1) is 6.97. The molecule has 0 saturated heterocycles. The molecule has 2 nitrogen and oxygen atoms in total. The van der Waals surface area contributed by atoms with Gasteiger partial charge in [0.15, 0.2) is 0 Å². The third kappa shape index (κ3) is 6.80. The molecule has 0 aliphatic rings. The molecule has 0 N–H and O–H groups in total. The number of rotatable bonds is 2. The summed E-state index contributed by atoms with van der Waals surface area (Å²) in [6.45, 7) is 1.47. The topological polar surface area (TPSA) is 20.3 Å². The highest BCUT2D eigenvalue weighted by Gasteiger charge is 2.00. The molecule has 0 unspecified atom stereocenters. The predicted molar refractivity (Wildman–Crippen MR) is 61.0 cm³/mol. The Morgan fingerprint density at radius 2 is 1.60 bits per heavy atom. The van der Waals surface area contributed by atoms with Crippen LogP contribution in [0.25, 0.3) is 0 Å². The minimum atomic E-state index is -0.962. The fourth-order valence-corrected chi connectivity index (χ4v) is 0.840. The van der Waals surface area contributed by atoms with Gasteiger partial charge in [0, 0.05) is 5.56 Å². The molecule has 0 bridgehead atoms. The van der Waals surface area contributed by atoms with Crippen molar-refractivity contribution in [2.24, 2.45) is 0 Å². The van der Waals surface area contributed by atoms with E-state index >= 15 is 0 Å². The van der Waals surface area contributed by atoms with Crippen molar-refractivity contribution in [1.29, 1.82) is 0 Å². The summed E-state index contributed by atoms with van der Waals surface area (Å²) in [4.78, 5) is 12.2. The summed E-state index contributed by atoms with van der Waals surface area (Å²) in [5, 5.41) is 0. The Kier molecular flexibility index (Phi) is 6.54. The first-order valence-electron chi connectivity index (χ1n) is 4.77. The van der Waals surface area contributed by atoms with Crippen LogP contribution in [-0.4, -0.2) is 32.3 Å². The molecule has 3 heteroatoms. The maximum atomic E-state index is 12.6. The van der Waals surface area contributed by atoms with Crippen LogP contribution in [0.5, 0.6) is 0 Å². The van der Waals surface area contributed by atoms with E-state index in [1.165, 1.54) is 6.92 Å². The SMILES string of the molecule is CN(C)C.C[C@H](F)c1ccc(C=O)cc1. The van der Waals surface area contributed by atoms with Gasteiger partial charge < -0.3 is 4.90 Å². The molecule has 15 heavy (non-hydrogen) atoms. The van der Waals surface area contributed by atoms with Crippen molar-refractivity contribution >= 4 is 6.29 Å². The lowest BCUT2D eigenvalue weighted by molar-refractivity contribution is 0.112. The van der Waals surface area contributed by atoms with Crippen molar-refractivity contribution in [3.8, 4) is 0 Å². The molecular weight excluding hydrogens is 193 g/mol. The molecule has 0 heterocycles. The largest absolute Gasteiger partial charge is 0.312 e. The van der Waals surface area contributed by atoms with Crippen LogP contribution >= 0.6 is 0 Å². The van der Waals surface area contributed by atoms with Crippen molar-refractivity contribution in [3.05, 3.63) is 35.4 Å². The quantitative estimate of drug-likeness (QED) is 0.701. The van der Waals surface area contributed by atoms with E-state index in [1.54, 1.807) is 24.3 Å². The Hall–Kier alpha value is -1.22. The standard InChI is InChI=1S/C9H9FO.C3H9N/c1-7(10)9-4-2-8(6-11)3-5-9;1-4(2)3/h2-7H,1H3;1-3H3/t7-;/m0./s1. The molecule has 1 aromatic carbocycles. The highest BCUT2D eigenvalue weighted by atomic mass is 19.1. The molecule has 0 radical (unpaired) electrons. The summed E-state index contributed by atoms with van der Waals surface area (Å²) in [5.74, 6) is 0. The van der Waals surface area contributed by atoms with Crippen molar-refractivity contribution in [3.63, 3.8) is 0 Å². The van der Waals surface area contributed by atoms with Gasteiger partial charge in [-0.1, -0.05) is 24.3 Å². The molecule has 0 aliphatic carbocycles. The van der Waals surface area contributed by atoms with Crippen molar-refractivity contribution in [1.82, 2.24) is 4.90 Å². The third-order valence-electron chi connectivity index (χ3n) is 1.53. The normalized spacial score (nSPS) is 11.6. The lowest BCUT2D eigenvalue weighted by Gasteiger charge is -2.00. The lowest BCUT2D eigenvalue weighted by Crippen LogP contribution is -1.99. The average molecular weight is 211 g/mol.